The number of halogens is 1. The van der Waals surface area contributed by atoms with Crippen LogP contribution in [0, 0.1) is 5.82 Å². The highest BCUT2D eigenvalue weighted by Gasteiger charge is 2.22. The van der Waals surface area contributed by atoms with Crippen LogP contribution < -0.4 is 4.74 Å². The van der Waals surface area contributed by atoms with E-state index in [4.69, 9.17) is 4.74 Å². The van der Waals surface area contributed by atoms with Gasteiger partial charge in [-0.05, 0) is 47.9 Å². The predicted molar refractivity (Wildman–Crippen MR) is 117 cm³/mol. The lowest BCUT2D eigenvalue weighted by molar-refractivity contribution is -0.128. The smallest absolute Gasteiger partial charge is 0.238 e. The van der Waals surface area contributed by atoms with E-state index in [1.165, 1.54) is 17.0 Å². The summed E-state index contributed by atoms with van der Waals surface area (Å²) in [6.07, 6.45) is 5.21. The summed E-state index contributed by atoms with van der Waals surface area (Å²) in [6, 6.07) is 8.16. The van der Waals surface area contributed by atoms with Crippen molar-refractivity contribution in [2.45, 2.75) is 6.42 Å². The Morgan fingerprint density at radius 1 is 1.26 bits per heavy atom. The van der Waals surface area contributed by atoms with Crippen molar-refractivity contribution in [3.63, 3.8) is 0 Å². The van der Waals surface area contributed by atoms with Crippen molar-refractivity contribution in [1.29, 1.82) is 0 Å². The maximum absolute atomic E-state index is 13.9. The second-order valence-electron chi connectivity index (χ2n) is 7.54. The van der Waals surface area contributed by atoms with Gasteiger partial charge < -0.3 is 14.6 Å². The number of aromatic amines is 1. The van der Waals surface area contributed by atoms with Crippen molar-refractivity contribution in [2.24, 2.45) is 0 Å². The molecule has 0 unspecified atom stereocenters. The van der Waals surface area contributed by atoms with E-state index in [0.717, 1.165) is 28.5 Å². The van der Waals surface area contributed by atoms with E-state index < -0.39 is 21.5 Å². The van der Waals surface area contributed by atoms with Gasteiger partial charge in [0.1, 0.15) is 23.0 Å². The highest BCUT2D eigenvalue weighted by molar-refractivity contribution is 7.91. The number of hydrogen-bond donors (Lipinski definition) is 1. The molecule has 1 aliphatic heterocycles. The van der Waals surface area contributed by atoms with E-state index in [2.05, 4.69) is 9.97 Å². The molecule has 1 amide bonds. The first-order valence-electron chi connectivity index (χ1n) is 9.72. The Bertz CT molecular complexity index is 1300. The van der Waals surface area contributed by atoms with Crippen LogP contribution in [0.2, 0.25) is 0 Å². The number of nitrogens with zero attached hydrogens (tertiary/aromatic N) is 2. The van der Waals surface area contributed by atoms with Crippen molar-refractivity contribution >= 4 is 32.4 Å². The van der Waals surface area contributed by atoms with Gasteiger partial charge in [-0.3, -0.25) is 4.79 Å². The molecule has 0 radical (unpaired) electrons. The quantitative estimate of drug-likeness (QED) is 0.654. The number of rotatable bonds is 5. The molecule has 1 N–H and O–H groups in total. The monoisotopic (exact) mass is 443 g/mol. The van der Waals surface area contributed by atoms with Crippen LogP contribution >= 0.6 is 0 Å². The number of carbonyl (C=O) groups excluding carboxylic acids is 1. The van der Waals surface area contributed by atoms with Crippen LogP contribution in [0.15, 0.2) is 42.6 Å². The van der Waals surface area contributed by atoms with Crippen molar-refractivity contribution in [3.8, 4) is 16.9 Å². The molecule has 0 bridgehead atoms. The van der Waals surface area contributed by atoms with E-state index in [0.29, 0.717) is 36.5 Å². The van der Waals surface area contributed by atoms with E-state index in [-0.39, 0.29) is 5.82 Å². The molecule has 1 aromatic carbocycles. The first kappa shape index (κ1) is 21.0. The Labute approximate surface area is 179 Å². The van der Waals surface area contributed by atoms with Gasteiger partial charge in [0.2, 0.25) is 5.91 Å². The standard InChI is InChI=1S/C22H22FN3O4S/c1-30-20-4-3-15(23)11-17(20)16-5-8-24-22-18(16)12-19(25-22)14-6-9-26(10-7-14)21(27)13-31(2,28)29/h3-6,8,11-12H,7,9-10,13H2,1-2H3,(H,24,25). The normalized spacial score (nSPS) is 14.5. The average Bonchev–Trinajstić information content (AvgIpc) is 3.17. The molecule has 0 atom stereocenters. The number of methoxy groups -OCH3 is 1. The molecule has 0 fully saturated rings. The van der Waals surface area contributed by atoms with Crippen molar-refractivity contribution < 1.29 is 22.3 Å². The third-order valence-corrected chi connectivity index (χ3v) is 6.05. The number of H-pyrrole nitrogens is 1. The number of ether oxygens (including phenoxy) is 1. The van der Waals surface area contributed by atoms with E-state index in [1.807, 2.05) is 18.2 Å². The van der Waals surface area contributed by atoms with E-state index in [1.54, 1.807) is 19.4 Å². The summed E-state index contributed by atoms with van der Waals surface area (Å²) in [6.45, 7) is 0.782. The van der Waals surface area contributed by atoms with Crippen LogP contribution in [0.5, 0.6) is 5.75 Å². The number of amides is 1. The zero-order chi connectivity index (χ0) is 22.2. The molecule has 3 heterocycles. The van der Waals surface area contributed by atoms with Gasteiger partial charge in [-0.2, -0.15) is 0 Å². The van der Waals surface area contributed by atoms with Crippen LogP contribution in [0.1, 0.15) is 12.1 Å². The fourth-order valence-electron chi connectivity index (χ4n) is 3.78. The van der Waals surface area contributed by atoms with Gasteiger partial charge in [-0.1, -0.05) is 6.08 Å². The minimum atomic E-state index is -3.36. The zero-order valence-electron chi connectivity index (χ0n) is 17.2. The topological polar surface area (TPSA) is 92.4 Å². The van der Waals surface area contributed by atoms with Crippen LogP contribution in [0.25, 0.3) is 27.7 Å². The lowest BCUT2D eigenvalue weighted by Crippen LogP contribution is -2.38. The van der Waals surface area contributed by atoms with Gasteiger partial charge in [0.05, 0.1) is 7.11 Å². The van der Waals surface area contributed by atoms with Gasteiger partial charge in [-0.15, -0.1) is 0 Å². The first-order valence-corrected chi connectivity index (χ1v) is 11.8. The minimum absolute atomic E-state index is 0.344. The summed E-state index contributed by atoms with van der Waals surface area (Å²) in [5.74, 6) is -0.666. The summed E-state index contributed by atoms with van der Waals surface area (Å²) in [7, 11) is -1.82. The molecule has 162 valence electrons. The lowest BCUT2D eigenvalue weighted by atomic mass is 10.0. The molecule has 9 heteroatoms. The molecule has 1 aliphatic rings. The molecule has 3 aromatic rings. The van der Waals surface area contributed by atoms with Crippen molar-refractivity contribution in [1.82, 2.24) is 14.9 Å². The number of carbonyl (C=O) groups is 1. The summed E-state index contributed by atoms with van der Waals surface area (Å²) >= 11 is 0. The number of fused-ring (bicyclic) bond motifs is 1. The molecular formula is C22H22FN3O4S. The maximum Gasteiger partial charge on any atom is 0.238 e. The van der Waals surface area contributed by atoms with Gasteiger partial charge >= 0.3 is 0 Å². The SMILES string of the molecule is COc1ccc(F)cc1-c1ccnc2[nH]c(C3=CCN(C(=O)CS(C)(=O)=O)CC3)cc12. The highest BCUT2D eigenvalue weighted by Crippen LogP contribution is 2.36. The Morgan fingerprint density at radius 2 is 2.06 bits per heavy atom. The Balaban J connectivity index is 1.65. The lowest BCUT2D eigenvalue weighted by Gasteiger charge is -2.26. The number of pyridine rings is 1. The largest absolute Gasteiger partial charge is 0.496 e. The van der Waals surface area contributed by atoms with Crippen LogP contribution in [0.4, 0.5) is 4.39 Å². The Morgan fingerprint density at radius 3 is 2.74 bits per heavy atom. The molecule has 31 heavy (non-hydrogen) atoms. The van der Waals surface area contributed by atoms with E-state index in [9.17, 15) is 17.6 Å². The second kappa shape index (κ2) is 8.14. The van der Waals surface area contributed by atoms with Crippen molar-refractivity contribution in [3.05, 3.63) is 54.1 Å². The molecule has 0 spiro atoms. The zero-order valence-corrected chi connectivity index (χ0v) is 18.0. The number of nitrogens with one attached hydrogen (secondary N) is 1. The number of sulfone groups is 1. The molecule has 2 aromatic heterocycles. The molecular weight excluding hydrogens is 421 g/mol. The fraction of sp³-hybridized carbons (Fsp3) is 0.273. The summed E-state index contributed by atoms with van der Waals surface area (Å²) in [4.78, 5) is 21.4. The third-order valence-electron chi connectivity index (χ3n) is 5.28. The third kappa shape index (κ3) is 4.46. The molecule has 0 saturated carbocycles. The maximum atomic E-state index is 13.9. The number of hydrogen-bond acceptors (Lipinski definition) is 5. The second-order valence-corrected chi connectivity index (χ2v) is 9.68. The minimum Gasteiger partial charge on any atom is -0.496 e. The van der Waals surface area contributed by atoms with Gasteiger partial charge in [0.15, 0.2) is 9.84 Å². The summed E-state index contributed by atoms with van der Waals surface area (Å²) in [5, 5.41) is 0.831. The highest BCUT2D eigenvalue weighted by atomic mass is 32.2. The molecule has 7 nitrogen and oxygen atoms in total. The van der Waals surface area contributed by atoms with Gasteiger partial charge in [-0.25, -0.2) is 17.8 Å². The Hall–Kier alpha value is -3.20. The predicted octanol–water partition coefficient (Wildman–Crippen LogP) is 3.04. The summed E-state index contributed by atoms with van der Waals surface area (Å²) < 4.78 is 42.1. The molecule has 0 aliphatic carbocycles. The van der Waals surface area contributed by atoms with Gasteiger partial charge in [0, 0.05) is 42.2 Å². The van der Waals surface area contributed by atoms with Gasteiger partial charge in [0.25, 0.3) is 0 Å². The van der Waals surface area contributed by atoms with E-state index >= 15 is 0 Å². The fourth-order valence-corrected chi connectivity index (χ4v) is 4.41. The van der Waals surface area contributed by atoms with Crippen LogP contribution in [-0.4, -0.2) is 61.4 Å². The number of benzene rings is 1. The summed E-state index contributed by atoms with van der Waals surface area (Å²) in [5.41, 5.74) is 3.97. The first-order chi connectivity index (χ1) is 14.7. The Kier molecular flexibility index (Phi) is 5.53. The number of aromatic nitrogens is 2. The van der Waals surface area contributed by atoms with Crippen LogP contribution in [-0.2, 0) is 14.6 Å². The van der Waals surface area contributed by atoms with Crippen molar-refractivity contribution in [2.75, 3.05) is 32.2 Å². The molecule has 4 rings (SSSR count). The average molecular weight is 444 g/mol. The van der Waals surface area contributed by atoms with Crippen LogP contribution in [0.3, 0.4) is 0 Å². The molecule has 0 saturated heterocycles.